The van der Waals surface area contributed by atoms with E-state index in [9.17, 15) is 14.0 Å². The molecule has 1 amide bonds. The molecule has 21 heavy (non-hydrogen) atoms. The summed E-state index contributed by atoms with van der Waals surface area (Å²) >= 11 is 8.62. The zero-order valence-electron chi connectivity index (χ0n) is 10.6. The first kappa shape index (κ1) is 15.7. The van der Waals surface area contributed by atoms with Crippen LogP contribution in [0, 0.1) is 5.82 Å². The smallest absolute Gasteiger partial charge is 0.246 e. The number of hydrogen-bond donors (Lipinski definition) is 1. The minimum Gasteiger partial charge on any atom is -0.325 e. The quantitative estimate of drug-likeness (QED) is 0.501. The van der Waals surface area contributed by atoms with Crippen molar-refractivity contribution >= 4 is 44.9 Å². The lowest BCUT2D eigenvalue weighted by molar-refractivity contribution is -0.114. The molecular formula is C15H10BrClFNO2. The van der Waals surface area contributed by atoms with Gasteiger partial charge in [0.2, 0.25) is 5.91 Å². The van der Waals surface area contributed by atoms with Gasteiger partial charge in [0.25, 0.3) is 0 Å². The van der Waals surface area contributed by atoms with Gasteiger partial charge in [0.05, 0.1) is 5.56 Å². The Morgan fingerprint density at radius 3 is 2.43 bits per heavy atom. The van der Waals surface area contributed by atoms with Crippen LogP contribution in [0.3, 0.4) is 0 Å². The third-order valence-electron chi connectivity index (χ3n) is 2.70. The van der Waals surface area contributed by atoms with Crippen molar-refractivity contribution in [3.05, 3.63) is 64.9 Å². The number of anilines is 1. The summed E-state index contributed by atoms with van der Waals surface area (Å²) in [5.74, 6) is -2.00. The van der Waals surface area contributed by atoms with Gasteiger partial charge in [-0.15, -0.1) is 0 Å². The van der Waals surface area contributed by atoms with E-state index in [0.29, 0.717) is 5.69 Å². The van der Waals surface area contributed by atoms with Crippen molar-refractivity contribution in [2.45, 2.75) is 4.83 Å². The molecule has 0 unspecified atom stereocenters. The molecule has 0 spiro atoms. The SMILES string of the molecule is O=C(Nc1ccccc1)[C@H](Br)C(=O)c1ccc(Cl)cc1F. The van der Waals surface area contributed by atoms with E-state index in [2.05, 4.69) is 21.2 Å². The van der Waals surface area contributed by atoms with E-state index < -0.39 is 22.3 Å². The highest BCUT2D eigenvalue weighted by atomic mass is 79.9. The summed E-state index contributed by atoms with van der Waals surface area (Å²) in [7, 11) is 0. The number of alkyl halides is 1. The molecular weight excluding hydrogens is 361 g/mol. The number of para-hydroxylation sites is 1. The average Bonchev–Trinajstić information content (AvgIpc) is 2.47. The molecule has 0 aliphatic carbocycles. The number of nitrogens with one attached hydrogen (secondary N) is 1. The van der Waals surface area contributed by atoms with E-state index in [1.807, 2.05) is 0 Å². The molecule has 0 radical (unpaired) electrons. The van der Waals surface area contributed by atoms with Gasteiger partial charge in [-0.05, 0) is 30.3 Å². The Hall–Kier alpha value is -1.72. The second kappa shape index (κ2) is 6.83. The molecule has 1 atom stereocenters. The normalized spacial score (nSPS) is 11.8. The van der Waals surface area contributed by atoms with Crippen LogP contribution in [-0.2, 0) is 4.79 Å². The molecule has 1 N–H and O–H groups in total. The van der Waals surface area contributed by atoms with Gasteiger partial charge in [0.1, 0.15) is 5.82 Å². The van der Waals surface area contributed by atoms with Crippen LogP contribution in [0.4, 0.5) is 10.1 Å². The number of benzene rings is 2. The second-order valence-electron chi connectivity index (χ2n) is 4.21. The van der Waals surface area contributed by atoms with E-state index >= 15 is 0 Å². The fourth-order valence-electron chi connectivity index (χ4n) is 1.67. The Morgan fingerprint density at radius 1 is 1.14 bits per heavy atom. The summed E-state index contributed by atoms with van der Waals surface area (Å²) in [6.07, 6.45) is 0. The van der Waals surface area contributed by atoms with Gasteiger partial charge in [0, 0.05) is 10.7 Å². The van der Waals surface area contributed by atoms with Gasteiger partial charge >= 0.3 is 0 Å². The number of halogens is 3. The van der Waals surface area contributed by atoms with Crippen molar-refractivity contribution in [2.75, 3.05) is 5.32 Å². The number of rotatable bonds is 4. The molecule has 2 aromatic carbocycles. The lowest BCUT2D eigenvalue weighted by Crippen LogP contribution is -2.30. The zero-order chi connectivity index (χ0) is 15.4. The van der Waals surface area contributed by atoms with Crippen LogP contribution < -0.4 is 5.32 Å². The highest BCUT2D eigenvalue weighted by Gasteiger charge is 2.26. The third-order valence-corrected chi connectivity index (χ3v) is 3.77. The van der Waals surface area contributed by atoms with E-state index in [4.69, 9.17) is 11.6 Å². The van der Waals surface area contributed by atoms with E-state index in [-0.39, 0.29) is 10.6 Å². The van der Waals surface area contributed by atoms with Gasteiger partial charge in [0.15, 0.2) is 10.6 Å². The monoisotopic (exact) mass is 369 g/mol. The highest BCUT2D eigenvalue weighted by molar-refractivity contribution is 9.10. The molecule has 3 nitrogen and oxygen atoms in total. The minimum absolute atomic E-state index is 0.184. The van der Waals surface area contributed by atoms with Gasteiger partial charge in [-0.2, -0.15) is 0 Å². The number of amides is 1. The summed E-state index contributed by atoms with van der Waals surface area (Å²) in [6, 6.07) is 12.4. The highest BCUT2D eigenvalue weighted by Crippen LogP contribution is 2.19. The average molecular weight is 371 g/mol. The van der Waals surface area contributed by atoms with Crippen molar-refractivity contribution in [1.29, 1.82) is 0 Å². The first-order valence-corrected chi connectivity index (χ1v) is 7.27. The number of ketones is 1. The predicted octanol–water partition coefficient (Wildman–Crippen LogP) is 4.06. The van der Waals surface area contributed by atoms with E-state index in [1.165, 1.54) is 12.1 Å². The molecule has 108 valence electrons. The molecule has 0 bridgehead atoms. The van der Waals surface area contributed by atoms with Crippen molar-refractivity contribution in [3.8, 4) is 0 Å². The lowest BCUT2D eigenvalue weighted by atomic mass is 10.1. The summed E-state index contributed by atoms with van der Waals surface area (Å²) < 4.78 is 13.7. The third kappa shape index (κ3) is 3.89. The van der Waals surface area contributed by atoms with Crippen LogP contribution in [0.5, 0.6) is 0 Å². The van der Waals surface area contributed by atoms with Crippen LogP contribution in [0.1, 0.15) is 10.4 Å². The largest absolute Gasteiger partial charge is 0.325 e. The summed E-state index contributed by atoms with van der Waals surface area (Å²) in [5, 5.41) is 2.75. The molecule has 0 heterocycles. The fourth-order valence-corrected chi connectivity index (χ4v) is 2.19. The lowest BCUT2D eigenvalue weighted by Gasteiger charge is -2.10. The predicted molar refractivity (Wildman–Crippen MR) is 83.5 cm³/mol. The second-order valence-corrected chi connectivity index (χ2v) is 5.56. The van der Waals surface area contributed by atoms with Crippen LogP contribution in [0.15, 0.2) is 48.5 Å². The number of Topliss-reactive ketones (excluding diaryl/α,β-unsaturated/α-hetero) is 1. The summed E-state index contributed by atoms with van der Waals surface area (Å²) in [5.41, 5.74) is 0.362. The number of carbonyl (C=O) groups excluding carboxylic acids is 2. The number of carbonyl (C=O) groups is 2. The maximum Gasteiger partial charge on any atom is 0.246 e. The van der Waals surface area contributed by atoms with Crippen LogP contribution in [0.25, 0.3) is 0 Å². The van der Waals surface area contributed by atoms with Crippen molar-refractivity contribution in [3.63, 3.8) is 0 Å². The van der Waals surface area contributed by atoms with Crippen LogP contribution >= 0.6 is 27.5 Å². The Kier molecular flexibility index (Phi) is 5.09. The van der Waals surface area contributed by atoms with Gasteiger partial charge in [-0.25, -0.2) is 4.39 Å². The topological polar surface area (TPSA) is 46.2 Å². The van der Waals surface area contributed by atoms with E-state index in [0.717, 1.165) is 6.07 Å². The Labute approximate surface area is 134 Å². The van der Waals surface area contributed by atoms with Crippen LogP contribution in [0.2, 0.25) is 5.02 Å². The molecule has 0 aromatic heterocycles. The first-order valence-electron chi connectivity index (χ1n) is 5.98. The first-order chi connectivity index (χ1) is 9.99. The summed E-state index contributed by atoms with van der Waals surface area (Å²) in [6.45, 7) is 0. The minimum atomic E-state index is -1.19. The molecule has 6 heteroatoms. The van der Waals surface area contributed by atoms with Crippen molar-refractivity contribution in [1.82, 2.24) is 0 Å². The standard InChI is InChI=1S/C15H10BrClFNO2/c16-13(15(21)19-10-4-2-1-3-5-10)14(20)11-7-6-9(17)8-12(11)18/h1-8,13H,(H,19,21)/t13-/m1/s1. The Morgan fingerprint density at radius 2 is 1.81 bits per heavy atom. The van der Waals surface area contributed by atoms with E-state index in [1.54, 1.807) is 30.3 Å². The van der Waals surface area contributed by atoms with Gasteiger partial charge < -0.3 is 5.32 Å². The maximum atomic E-state index is 13.7. The number of hydrogen-bond acceptors (Lipinski definition) is 2. The van der Waals surface area contributed by atoms with Crippen LogP contribution in [-0.4, -0.2) is 16.5 Å². The van der Waals surface area contributed by atoms with Crippen molar-refractivity contribution < 1.29 is 14.0 Å². The molecule has 0 aliphatic rings. The molecule has 0 fully saturated rings. The molecule has 2 rings (SSSR count). The molecule has 0 saturated heterocycles. The molecule has 0 saturated carbocycles. The Balaban J connectivity index is 2.13. The van der Waals surface area contributed by atoms with Gasteiger partial charge in [-0.3, -0.25) is 9.59 Å². The molecule has 0 aliphatic heterocycles. The summed E-state index contributed by atoms with van der Waals surface area (Å²) in [4.78, 5) is 22.9. The fraction of sp³-hybridized carbons (Fsp3) is 0.0667. The van der Waals surface area contributed by atoms with Gasteiger partial charge in [-0.1, -0.05) is 45.7 Å². The van der Waals surface area contributed by atoms with Crippen molar-refractivity contribution in [2.24, 2.45) is 0 Å². The maximum absolute atomic E-state index is 13.7. The molecule has 2 aromatic rings. The zero-order valence-corrected chi connectivity index (χ0v) is 13.0. The Bertz CT molecular complexity index is 679.